The predicted molar refractivity (Wildman–Crippen MR) is 97.7 cm³/mol. The van der Waals surface area contributed by atoms with Gasteiger partial charge in [0.15, 0.2) is 0 Å². The molecule has 126 valence electrons. The molecule has 2 atom stereocenters. The summed E-state index contributed by atoms with van der Waals surface area (Å²) >= 11 is 1.81. The van der Waals surface area contributed by atoms with Crippen LogP contribution in [0.4, 0.5) is 0 Å². The first kappa shape index (κ1) is 16.8. The highest BCUT2D eigenvalue weighted by Crippen LogP contribution is 2.54. The zero-order chi connectivity index (χ0) is 16.6. The summed E-state index contributed by atoms with van der Waals surface area (Å²) in [6.45, 7) is 8.78. The Kier molecular flexibility index (Phi) is 4.68. The van der Waals surface area contributed by atoms with E-state index in [9.17, 15) is 5.11 Å². The first-order valence-corrected chi connectivity index (χ1v) is 9.77. The summed E-state index contributed by atoms with van der Waals surface area (Å²) < 4.78 is 6.35. The molecule has 2 nitrogen and oxygen atoms in total. The van der Waals surface area contributed by atoms with E-state index in [0.717, 1.165) is 34.8 Å². The van der Waals surface area contributed by atoms with Gasteiger partial charge >= 0.3 is 0 Å². The van der Waals surface area contributed by atoms with Gasteiger partial charge in [-0.15, -0.1) is 11.8 Å². The number of phenols is 1. The Hall–Kier alpha value is -1.09. The molecule has 1 aromatic rings. The molecule has 23 heavy (non-hydrogen) atoms. The number of phenolic OH excluding ortho intramolecular Hbond substituents is 1. The zero-order valence-electron chi connectivity index (χ0n) is 14.7. The van der Waals surface area contributed by atoms with E-state index in [1.54, 1.807) is 11.8 Å². The molecule has 0 bridgehead atoms. The Morgan fingerprint density at radius 2 is 2.13 bits per heavy atom. The van der Waals surface area contributed by atoms with Gasteiger partial charge in [-0.3, -0.25) is 0 Å². The van der Waals surface area contributed by atoms with Crippen molar-refractivity contribution in [3.8, 4) is 11.5 Å². The van der Waals surface area contributed by atoms with E-state index in [1.807, 2.05) is 6.07 Å². The fraction of sp³-hybridized carbons (Fsp3) is 0.600. The van der Waals surface area contributed by atoms with Gasteiger partial charge in [-0.05, 0) is 57.9 Å². The average Bonchev–Trinajstić information content (AvgIpc) is 2.46. The van der Waals surface area contributed by atoms with Crippen LogP contribution in [0.3, 0.4) is 0 Å². The molecule has 2 aliphatic rings. The molecule has 1 heterocycles. The lowest BCUT2D eigenvalue weighted by Crippen LogP contribution is -2.45. The van der Waals surface area contributed by atoms with Gasteiger partial charge in [0.05, 0.1) is 0 Å². The van der Waals surface area contributed by atoms with Crippen LogP contribution < -0.4 is 4.74 Å². The summed E-state index contributed by atoms with van der Waals surface area (Å²) in [7, 11) is 0. The lowest BCUT2D eigenvalue weighted by molar-refractivity contribution is 0.0105. The van der Waals surface area contributed by atoms with Crippen molar-refractivity contribution >= 4 is 11.8 Å². The highest BCUT2D eigenvalue weighted by molar-refractivity contribution is 7.99. The number of aromatic hydroxyl groups is 1. The van der Waals surface area contributed by atoms with E-state index in [-0.39, 0.29) is 11.5 Å². The van der Waals surface area contributed by atoms with Gasteiger partial charge in [-0.2, -0.15) is 0 Å². The molecule has 3 rings (SSSR count). The molecule has 2 unspecified atom stereocenters. The summed E-state index contributed by atoms with van der Waals surface area (Å²) in [6, 6.07) is 4.06. The van der Waals surface area contributed by atoms with Crippen molar-refractivity contribution in [2.24, 2.45) is 5.92 Å². The summed E-state index contributed by atoms with van der Waals surface area (Å²) in [5.41, 5.74) is 2.23. The minimum absolute atomic E-state index is 0.186. The maximum atomic E-state index is 10.7. The SMILES string of the molecule is CCCCSc1cc(O)c2c(c1)OC(C)(C)C1CCC(C)=CC21. The number of thioether (sulfide) groups is 1. The van der Waals surface area contributed by atoms with Crippen LogP contribution in [-0.2, 0) is 0 Å². The Morgan fingerprint density at radius 3 is 2.87 bits per heavy atom. The molecule has 1 aliphatic heterocycles. The molecule has 0 saturated carbocycles. The Labute approximate surface area is 144 Å². The lowest BCUT2D eigenvalue weighted by Gasteiger charge is -2.46. The number of benzene rings is 1. The van der Waals surface area contributed by atoms with Crippen molar-refractivity contribution in [1.29, 1.82) is 0 Å². The first-order chi connectivity index (χ1) is 10.9. The largest absolute Gasteiger partial charge is 0.507 e. The number of allylic oxidation sites excluding steroid dienone is 2. The van der Waals surface area contributed by atoms with Crippen molar-refractivity contribution in [3.05, 3.63) is 29.3 Å². The van der Waals surface area contributed by atoms with Crippen molar-refractivity contribution in [2.75, 3.05) is 5.75 Å². The summed E-state index contributed by atoms with van der Waals surface area (Å²) in [5, 5.41) is 10.7. The fourth-order valence-corrected chi connectivity index (χ4v) is 4.97. The van der Waals surface area contributed by atoms with E-state index < -0.39 is 0 Å². The van der Waals surface area contributed by atoms with Crippen LogP contribution in [0.25, 0.3) is 0 Å². The van der Waals surface area contributed by atoms with Gasteiger partial charge in [0.1, 0.15) is 17.1 Å². The van der Waals surface area contributed by atoms with Gasteiger partial charge < -0.3 is 9.84 Å². The minimum atomic E-state index is -0.186. The van der Waals surface area contributed by atoms with Gasteiger partial charge in [-0.25, -0.2) is 0 Å². The maximum Gasteiger partial charge on any atom is 0.128 e. The third-order valence-corrected chi connectivity index (χ3v) is 6.27. The Balaban J connectivity index is 1.99. The topological polar surface area (TPSA) is 29.5 Å². The quantitative estimate of drug-likeness (QED) is 0.423. The molecular formula is C20H28O2S. The fourth-order valence-electron chi connectivity index (χ4n) is 3.92. The van der Waals surface area contributed by atoms with E-state index in [4.69, 9.17) is 4.74 Å². The molecule has 0 radical (unpaired) electrons. The third kappa shape index (κ3) is 3.26. The molecule has 1 aromatic carbocycles. The Morgan fingerprint density at radius 1 is 1.35 bits per heavy atom. The Bertz CT molecular complexity index is 618. The highest BCUT2D eigenvalue weighted by Gasteiger charge is 2.45. The normalized spacial score (nSPS) is 25.1. The maximum absolute atomic E-state index is 10.7. The number of ether oxygens (including phenoxy) is 1. The predicted octanol–water partition coefficient (Wildman–Crippen LogP) is 5.90. The summed E-state index contributed by atoms with van der Waals surface area (Å²) in [4.78, 5) is 1.11. The van der Waals surface area contributed by atoms with Gasteiger partial charge in [0, 0.05) is 22.3 Å². The van der Waals surface area contributed by atoms with E-state index in [2.05, 4.69) is 39.8 Å². The van der Waals surface area contributed by atoms with Crippen LogP contribution in [0.1, 0.15) is 64.9 Å². The van der Waals surface area contributed by atoms with Crippen LogP contribution >= 0.6 is 11.8 Å². The third-order valence-electron chi connectivity index (χ3n) is 5.21. The standard InChI is InChI=1S/C20H28O2S/c1-5-6-9-23-14-11-17(21)19-15-10-13(2)7-8-16(15)20(3,4)22-18(19)12-14/h10-12,15-16,21H,5-9H2,1-4H3. The monoisotopic (exact) mass is 332 g/mol. The average molecular weight is 333 g/mol. The second-order valence-corrected chi connectivity index (χ2v) is 8.61. The highest BCUT2D eigenvalue weighted by atomic mass is 32.2. The molecule has 1 N–H and O–H groups in total. The van der Waals surface area contributed by atoms with Crippen LogP contribution in [0.15, 0.2) is 28.7 Å². The minimum Gasteiger partial charge on any atom is -0.507 e. The van der Waals surface area contributed by atoms with Crippen LogP contribution in [-0.4, -0.2) is 16.5 Å². The summed E-state index contributed by atoms with van der Waals surface area (Å²) in [6.07, 6.45) is 7.00. The van der Waals surface area contributed by atoms with E-state index in [1.165, 1.54) is 18.4 Å². The second kappa shape index (κ2) is 6.43. The van der Waals surface area contributed by atoms with Gasteiger partial charge in [0.2, 0.25) is 0 Å². The molecule has 0 saturated heterocycles. The molecule has 0 fully saturated rings. The molecule has 3 heteroatoms. The number of hydrogen-bond donors (Lipinski definition) is 1. The van der Waals surface area contributed by atoms with Crippen molar-refractivity contribution in [3.63, 3.8) is 0 Å². The van der Waals surface area contributed by atoms with E-state index in [0.29, 0.717) is 11.7 Å². The number of fused-ring (bicyclic) bond motifs is 3. The van der Waals surface area contributed by atoms with Crippen molar-refractivity contribution in [1.82, 2.24) is 0 Å². The van der Waals surface area contributed by atoms with E-state index >= 15 is 0 Å². The van der Waals surface area contributed by atoms with Crippen molar-refractivity contribution in [2.45, 2.75) is 69.8 Å². The number of hydrogen-bond acceptors (Lipinski definition) is 3. The van der Waals surface area contributed by atoms with Crippen molar-refractivity contribution < 1.29 is 9.84 Å². The number of rotatable bonds is 4. The smallest absolute Gasteiger partial charge is 0.128 e. The second-order valence-electron chi connectivity index (χ2n) is 7.45. The summed E-state index contributed by atoms with van der Waals surface area (Å²) in [5.74, 6) is 3.07. The molecular weight excluding hydrogens is 304 g/mol. The number of unbranched alkanes of at least 4 members (excludes halogenated alkanes) is 1. The molecule has 0 amide bonds. The van der Waals surface area contributed by atoms with Crippen LogP contribution in [0.5, 0.6) is 11.5 Å². The lowest BCUT2D eigenvalue weighted by atomic mass is 9.68. The molecule has 0 spiro atoms. The first-order valence-electron chi connectivity index (χ1n) is 8.78. The molecule has 1 aliphatic carbocycles. The van der Waals surface area contributed by atoms with Crippen LogP contribution in [0.2, 0.25) is 0 Å². The van der Waals surface area contributed by atoms with Gasteiger partial charge in [0.25, 0.3) is 0 Å². The zero-order valence-corrected chi connectivity index (χ0v) is 15.5. The van der Waals surface area contributed by atoms with Crippen LogP contribution in [0, 0.1) is 5.92 Å². The van der Waals surface area contributed by atoms with Gasteiger partial charge in [-0.1, -0.05) is 25.0 Å². The molecule has 0 aromatic heterocycles.